The van der Waals surface area contributed by atoms with Gasteiger partial charge in [-0.3, -0.25) is 0 Å². The minimum absolute atomic E-state index is 0.456. The minimum Gasteiger partial charge on any atom is -0.327 e. The molecule has 1 saturated carbocycles. The summed E-state index contributed by atoms with van der Waals surface area (Å²) in [6.07, 6.45) is 5.15. The number of nitrogens with two attached hydrogens (primary N) is 1. The molecule has 2 heteroatoms. The highest BCUT2D eigenvalue weighted by molar-refractivity contribution is 7.99. The van der Waals surface area contributed by atoms with Crippen molar-refractivity contribution in [2.24, 2.45) is 11.7 Å². The van der Waals surface area contributed by atoms with Gasteiger partial charge in [-0.05, 0) is 53.8 Å². The summed E-state index contributed by atoms with van der Waals surface area (Å²) in [6.45, 7) is 0. The summed E-state index contributed by atoms with van der Waals surface area (Å²) in [5.74, 6) is 1.95. The van der Waals surface area contributed by atoms with Crippen LogP contribution in [0.25, 0.3) is 10.8 Å². The third kappa shape index (κ3) is 3.13. The van der Waals surface area contributed by atoms with Gasteiger partial charge in [0, 0.05) is 10.9 Å². The minimum atomic E-state index is 0.456. The van der Waals surface area contributed by atoms with Crippen LogP contribution in [-0.2, 0) is 0 Å². The summed E-state index contributed by atoms with van der Waals surface area (Å²) < 4.78 is 0. The zero-order valence-electron chi connectivity index (χ0n) is 11.2. The Balaban J connectivity index is 1.59. The lowest BCUT2D eigenvalue weighted by molar-refractivity contribution is 0.470. The smallest absolute Gasteiger partial charge is 0.00783 e. The Labute approximate surface area is 119 Å². The Bertz CT molecular complexity index is 552. The molecule has 1 nitrogen and oxygen atoms in total. The van der Waals surface area contributed by atoms with Gasteiger partial charge in [0.25, 0.3) is 0 Å². The molecule has 0 saturated heterocycles. The van der Waals surface area contributed by atoms with Crippen LogP contribution >= 0.6 is 11.8 Å². The van der Waals surface area contributed by atoms with Gasteiger partial charge >= 0.3 is 0 Å². The van der Waals surface area contributed by atoms with E-state index < -0.39 is 0 Å². The van der Waals surface area contributed by atoms with Crippen LogP contribution in [0.2, 0.25) is 0 Å². The summed E-state index contributed by atoms with van der Waals surface area (Å²) in [7, 11) is 0. The first-order valence-corrected chi connectivity index (χ1v) is 8.19. The van der Waals surface area contributed by atoms with Gasteiger partial charge in [0.15, 0.2) is 0 Å². The molecule has 19 heavy (non-hydrogen) atoms. The van der Waals surface area contributed by atoms with Crippen molar-refractivity contribution in [1.29, 1.82) is 0 Å². The largest absolute Gasteiger partial charge is 0.327 e. The first-order valence-electron chi connectivity index (χ1n) is 7.20. The van der Waals surface area contributed by atoms with Crippen molar-refractivity contribution in [3.05, 3.63) is 42.5 Å². The molecule has 0 aliphatic heterocycles. The highest BCUT2D eigenvalue weighted by Gasteiger charge is 2.23. The number of fused-ring (bicyclic) bond motifs is 1. The fourth-order valence-electron chi connectivity index (χ4n) is 3.01. The van der Waals surface area contributed by atoms with E-state index in [-0.39, 0.29) is 0 Å². The van der Waals surface area contributed by atoms with Crippen molar-refractivity contribution in [2.75, 3.05) is 5.75 Å². The summed E-state index contributed by atoms with van der Waals surface area (Å²) >= 11 is 1.97. The number of rotatable bonds is 4. The summed E-state index contributed by atoms with van der Waals surface area (Å²) in [6, 6.07) is 15.8. The molecule has 100 valence electrons. The van der Waals surface area contributed by atoms with E-state index in [4.69, 9.17) is 5.73 Å². The predicted octanol–water partition coefficient (Wildman–Crippen LogP) is 4.45. The van der Waals surface area contributed by atoms with E-state index in [1.54, 1.807) is 0 Å². The van der Waals surface area contributed by atoms with E-state index in [1.165, 1.54) is 47.1 Å². The van der Waals surface area contributed by atoms with Crippen molar-refractivity contribution >= 4 is 22.5 Å². The molecule has 0 amide bonds. The lowest BCUT2D eigenvalue weighted by Gasteiger charge is -2.14. The zero-order chi connectivity index (χ0) is 13.1. The second-order valence-corrected chi connectivity index (χ2v) is 6.67. The molecular weight excluding hydrogens is 250 g/mol. The van der Waals surface area contributed by atoms with Gasteiger partial charge < -0.3 is 5.73 Å². The van der Waals surface area contributed by atoms with Crippen LogP contribution in [0.3, 0.4) is 0 Å². The Hall–Kier alpha value is -0.990. The van der Waals surface area contributed by atoms with Crippen molar-refractivity contribution in [1.82, 2.24) is 0 Å². The lowest BCUT2D eigenvalue weighted by Crippen LogP contribution is -2.24. The zero-order valence-corrected chi connectivity index (χ0v) is 12.0. The monoisotopic (exact) mass is 271 g/mol. The van der Waals surface area contributed by atoms with Crippen molar-refractivity contribution in [3.63, 3.8) is 0 Å². The summed E-state index contributed by atoms with van der Waals surface area (Å²) in [4.78, 5) is 1.38. The Morgan fingerprint density at radius 1 is 1.05 bits per heavy atom. The second kappa shape index (κ2) is 5.98. The van der Waals surface area contributed by atoms with Crippen LogP contribution in [0, 0.1) is 5.92 Å². The number of benzene rings is 2. The van der Waals surface area contributed by atoms with Crippen LogP contribution in [0.5, 0.6) is 0 Å². The first kappa shape index (κ1) is 13.0. The quantitative estimate of drug-likeness (QED) is 0.831. The molecular formula is C17H21NS. The molecule has 2 aromatic carbocycles. The van der Waals surface area contributed by atoms with Gasteiger partial charge in [0.2, 0.25) is 0 Å². The molecule has 2 atom stereocenters. The topological polar surface area (TPSA) is 26.0 Å². The standard InChI is InChI=1S/C17H21NS/c18-17-7-3-6-14(17)10-11-19-16-9-8-13-4-1-2-5-15(13)12-16/h1-2,4-5,8-9,12,14,17H,3,6-7,10-11,18H2. The van der Waals surface area contributed by atoms with E-state index in [9.17, 15) is 0 Å². The molecule has 3 rings (SSSR count). The van der Waals surface area contributed by atoms with Gasteiger partial charge in [-0.25, -0.2) is 0 Å². The number of thioether (sulfide) groups is 1. The average molecular weight is 271 g/mol. The van der Waals surface area contributed by atoms with Gasteiger partial charge in [-0.2, -0.15) is 0 Å². The lowest BCUT2D eigenvalue weighted by atomic mass is 10.0. The number of hydrogen-bond donors (Lipinski definition) is 1. The molecule has 0 spiro atoms. The molecule has 1 aliphatic carbocycles. The molecule has 0 heterocycles. The predicted molar refractivity (Wildman–Crippen MR) is 84.6 cm³/mol. The Morgan fingerprint density at radius 2 is 1.89 bits per heavy atom. The van der Waals surface area contributed by atoms with Crippen LogP contribution < -0.4 is 5.73 Å². The molecule has 1 aliphatic rings. The molecule has 0 bridgehead atoms. The van der Waals surface area contributed by atoms with Gasteiger partial charge in [0.05, 0.1) is 0 Å². The highest BCUT2D eigenvalue weighted by atomic mass is 32.2. The Morgan fingerprint density at radius 3 is 2.68 bits per heavy atom. The van der Waals surface area contributed by atoms with Gasteiger partial charge in [0.1, 0.15) is 0 Å². The van der Waals surface area contributed by atoms with E-state index in [0.717, 1.165) is 5.92 Å². The molecule has 2 unspecified atom stereocenters. The molecule has 1 fully saturated rings. The van der Waals surface area contributed by atoms with E-state index in [2.05, 4.69) is 42.5 Å². The fourth-order valence-corrected chi connectivity index (χ4v) is 4.04. The molecule has 2 aromatic rings. The SMILES string of the molecule is NC1CCCC1CCSc1ccc2ccccc2c1. The molecule has 0 radical (unpaired) electrons. The Kier molecular flexibility index (Phi) is 4.09. The maximum Gasteiger partial charge on any atom is 0.00783 e. The van der Waals surface area contributed by atoms with Crippen LogP contribution in [0.15, 0.2) is 47.4 Å². The third-order valence-corrected chi connectivity index (χ3v) is 5.22. The average Bonchev–Trinajstić information content (AvgIpc) is 2.84. The number of hydrogen-bond acceptors (Lipinski definition) is 2. The van der Waals surface area contributed by atoms with Crippen LogP contribution in [0.4, 0.5) is 0 Å². The fraction of sp³-hybridized carbons (Fsp3) is 0.412. The van der Waals surface area contributed by atoms with Crippen LogP contribution in [0.1, 0.15) is 25.7 Å². The molecule has 0 aromatic heterocycles. The first-order chi connectivity index (χ1) is 9.33. The summed E-state index contributed by atoms with van der Waals surface area (Å²) in [5.41, 5.74) is 6.12. The van der Waals surface area contributed by atoms with E-state index >= 15 is 0 Å². The maximum atomic E-state index is 6.12. The highest BCUT2D eigenvalue weighted by Crippen LogP contribution is 2.30. The molecule has 2 N–H and O–H groups in total. The van der Waals surface area contributed by atoms with Crippen molar-refractivity contribution in [3.8, 4) is 0 Å². The maximum absolute atomic E-state index is 6.12. The normalized spacial score (nSPS) is 23.0. The van der Waals surface area contributed by atoms with Crippen molar-refractivity contribution < 1.29 is 0 Å². The van der Waals surface area contributed by atoms with Gasteiger partial charge in [-0.15, -0.1) is 11.8 Å². The third-order valence-electron chi connectivity index (χ3n) is 4.20. The van der Waals surface area contributed by atoms with E-state index in [0.29, 0.717) is 6.04 Å². The van der Waals surface area contributed by atoms with Gasteiger partial charge in [-0.1, -0.05) is 36.8 Å². The van der Waals surface area contributed by atoms with Crippen LogP contribution in [-0.4, -0.2) is 11.8 Å². The summed E-state index contributed by atoms with van der Waals surface area (Å²) in [5, 5.41) is 2.66. The van der Waals surface area contributed by atoms with E-state index in [1.807, 2.05) is 11.8 Å². The van der Waals surface area contributed by atoms with Crippen molar-refractivity contribution in [2.45, 2.75) is 36.6 Å². The second-order valence-electron chi connectivity index (χ2n) is 5.50.